The number of aromatic carboxylic acids is 1. The highest BCUT2D eigenvalue weighted by Gasteiger charge is 2.28. The molecule has 0 saturated heterocycles. The fraction of sp³-hybridized carbons (Fsp3) is 0.154. The maximum Gasteiger partial charge on any atom is 0.407 e. The summed E-state index contributed by atoms with van der Waals surface area (Å²) in [6.07, 6.45) is 3.11. The number of amides is 1. The monoisotopic (exact) mass is 431 g/mol. The second-order valence-corrected chi connectivity index (χ2v) is 7.46. The molecule has 0 unspecified atom stereocenters. The number of nitrogens with one attached hydrogen (secondary N) is 1. The Bertz CT molecular complexity index is 1140. The van der Waals surface area contributed by atoms with Crippen LogP contribution in [0, 0.1) is 5.82 Å². The molecule has 0 fully saturated rings. The zero-order valence-electron chi connectivity index (χ0n) is 17.3. The Hall–Kier alpha value is -3.93. The summed E-state index contributed by atoms with van der Waals surface area (Å²) in [6.45, 7) is 0.552. The van der Waals surface area contributed by atoms with Crippen LogP contribution in [0.5, 0.6) is 0 Å². The van der Waals surface area contributed by atoms with Gasteiger partial charge in [0.25, 0.3) is 0 Å². The second-order valence-electron chi connectivity index (χ2n) is 7.46. The lowest BCUT2D eigenvalue weighted by Gasteiger charge is -2.14. The minimum Gasteiger partial charge on any atom is -0.478 e. The molecule has 1 amide bonds. The highest BCUT2D eigenvalue weighted by molar-refractivity contribution is 5.88. The number of carbonyl (C=O) groups is 2. The van der Waals surface area contributed by atoms with E-state index in [1.165, 1.54) is 35.4 Å². The molecule has 3 aromatic carbocycles. The van der Waals surface area contributed by atoms with Crippen LogP contribution in [0.15, 0.2) is 72.8 Å². The van der Waals surface area contributed by atoms with Crippen LogP contribution in [0.1, 0.15) is 39.4 Å². The van der Waals surface area contributed by atoms with Crippen LogP contribution >= 0.6 is 0 Å². The van der Waals surface area contributed by atoms with E-state index in [0.29, 0.717) is 13.0 Å². The second kappa shape index (κ2) is 9.47. The van der Waals surface area contributed by atoms with Crippen molar-refractivity contribution in [1.29, 1.82) is 0 Å². The van der Waals surface area contributed by atoms with Gasteiger partial charge in [-0.3, -0.25) is 0 Å². The smallest absolute Gasteiger partial charge is 0.407 e. The number of carboxylic acid groups (broad SMARTS) is 1. The fourth-order valence-electron chi connectivity index (χ4n) is 3.96. The first-order chi connectivity index (χ1) is 15.6. The molecule has 0 radical (unpaired) electrons. The van der Waals surface area contributed by atoms with Gasteiger partial charge in [-0.05, 0) is 34.7 Å². The van der Waals surface area contributed by atoms with Crippen molar-refractivity contribution >= 4 is 18.1 Å². The van der Waals surface area contributed by atoms with Crippen molar-refractivity contribution in [2.45, 2.75) is 12.3 Å². The lowest BCUT2D eigenvalue weighted by molar-refractivity contribution is 0.0691. The standard InChI is InChI=1S/C26H22FNO4/c27-24-17(9-7-14-22(24)25(29)30)8-5-6-15-28-26(31)32-16-23-20-12-3-1-10-18(20)19-11-2-4-13-21(19)23/h1-5,7-14,23H,6,15-16H2,(H,28,31)(H,29,30). The average Bonchev–Trinajstić information content (AvgIpc) is 3.12. The van der Waals surface area contributed by atoms with Crippen LogP contribution in [0.25, 0.3) is 17.2 Å². The maximum absolute atomic E-state index is 14.1. The Balaban J connectivity index is 1.28. The van der Waals surface area contributed by atoms with E-state index in [2.05, 4.69) is 29.6 Å². The SMILES string of the molecule is O=C(NCCC=Cc1cccc(C(=O)O)c1F)OCC1c2ccccc2-c2ccccc21. The number of fused-ring (bicyclic) bond motifs is 3. The quantitative estimate of drug-likeness (QED) is 0.487. The third-order valence-corrected chi connectivity index (χ3v) is 5.48. The molecule has 2 N–H and O–H groups in total. The predicted molar refractivity (Wildman–Crippen MR) is 120 cm³/mol. The molecule has 0 bridgehead atoms. The average molecular weight is 431 g/mol. The van der Waals surface area contributed by atoms with Gasteiger partial charge in [0.05, 0.1) is 5.56 Å². The molecule has 4 rings (SSSR count). The first-order valence-electron chi connectivity index (χ1n) is 10.3. The Labute approximate surface area is 185 Å². The van der Waals surface area contributed by atoms with Crippen molar-refractivity contribution in [2.75, 3.05) is 13.2 Å². The van der Waals surface area contributed by atoms with Crippen molar-refractivity contribution in [1.82, 2.24) is 5.32 Å². The number of alkyl carbamates (subject to hydrolysis) is 1. The van der Waals surface area contributed by atoms with E-state index in [0.717, 1.165) is 11.1 Å². The molecule has 1 aliphatic carbocycles. The number of hydrogen-bond donors (Lipinski definition) is 2. The molecule has 0 aliphatic heterocycles. The van der Waals surface area contributed by atoms with Gasteiger partial charge in [-0.2, -0.15) is 0 Å². The van der Waals surface area contributed by atoms with Gasteiger partial charge in [0.2, 0.25) is 0 Å². The van der Waals surface area contributed by atoms with Crippen LogP contribution < -0.4 is 5.32 Å². The van der Waals surface area contributed by atoms with E-state index in [-0.39, 0.29) is 23.7 Å². The molecule has 162 valence electrons. The number of ether oxygens (including phenoxy) is 1. The highest BCUT2D eigenvalue weighted by Crippen LogP contribution is 2.44. The summed E-state index contributed by atoms with van der Waals surface area (Å²) in [4.78, 5) is 23.1. The van der Waals surface area contributed by atoms with E-state index in [9.17, 15) is 14.0 Å². The van der Waals surface area contributed by atoms with Gasteiger partial charge in [0.15, 0.2) is 0 Å². The van der Waals surface area contributed by atoms with Gasteiger partial charge in [-0.15, -0.1) is 0 Å². The van der Waals surface area contributed by atoms with Crippen molar-refractivity contribution in [3.05, 3.63) is 101 Å². The first kappa shape index (κ1) is 21.3. The number of carbonyl (C=O) groups excluding carboxylic acids is 1. The lowest BCUT2D eigenvalue weighted by Crippen LogP contribution is -2.26. The van der Waals surface area contributed by atoms with E-state index in [4.69, 9.17) is 9.84 Å². The summed E-state index contributed by atoms with van der Waals surface area (Å²) in [5.41, 5.74) is 4.45. The van der Waals surface area contributed by atoms with Crippen LogP contribution in [0.2, 0.25) is 0 Å². The molecular weight excluding hydrogens is 409 g/mol. The Kier molecular flexibility index (Phi) is 6.31. The zero-order chi connectivity index (χ0) is 22.5. The zero-order valence-corrected chi connectivity index (χ0v) is 17.3. The highest BCUT2D eigenvalue weighted by atomic mass is 19.1. The van der Waals surface area contributed by atoms with Crippen LogP contribution in [-0.4, -0.2) is 30.3 Å². The van der Waals surface area contributed by atoms with Gasteiger partial charge in [-0.1, -0.05) is 72.8 Å². The van der Waals surface area contributed by atoms with Gasteiger partial charge in [-0.25, -0.2) is 14.0 Å². The van der Waals surface area contributed by atoms with Gasteiger partial charge >= 0.3 is 12.1 Å². The van der Waals surface area contributed by atoms with Crippen molar-refractivity contribution in [3.63, 3.8) is 0 Å². The summed E-state index contributed by atoms with van der Waals surface area (Å²) in [5, 5.41) is 11.7. The fourth-order valence-corrected chi connectivity index (χ4v) is 3.96. The van der Waals surface area contributed by atoms with Crippen molar-refractivity contribution in [3.8, 4) is 11.1 Å². The van der Waals surface area contributed by atoms with E-state index < -0.39 is 17.9 Å². The normalized spacial score (nSPS) is 12.4. The van der Waals surface area contributed by atoms with E-state index >= 15 is 0 Å². The molecule has 3 aromatic rings. The molecule has 0 atom stereocenters. The van der Waals surface area contributed by atoms with Crippen LogP contribution in [0.3, 0.4) is 0 Å². The van der Waals surface area contributed by atoms with Crippen molar-refractivity contribution < 1.29 is 23.8 Å². The van der Waals surface area contributed by atoms with E-state index in [1.54, 1.807) is 6.08 Å². The number of halogens is 1. The molecule has 0 spiro atoms. The molecular formula is C26H22FNO4. The molecule has 0 aromatic heterocycles. The van der Waals surface area contributed by atoms with Gasteiger partial charge in [0.1, 0.15) is 12.4 Å². The number of rotatable bonds is 7. The van der Waals surface area contributed by atoms with Gasteiger partial charge in [0, 0.05) is 18.0 Å². The Morgan fingerprint density at radius 2 is 1.62 bits per heavy atom. The lowest BCUT2D eigenvalue weighted by atomic mass is 9.98. The number of carboxylic acids is 1. The maximum atomic E-state index is 14.1. The minimum absolute atomic E-state index is 0.00228. The number of hydrogen-bond acceptors (Lipinski definition) is 3. The summed E-state index contributed by atoms with van der Waals surface area (Å²) in [7, 11) is 0. The van der Waals surface area contributed by atoms with E-state index in [1.807, 2.05) is 24.3 Å². The van der Waals surface area contributed by atoms with Crippen molar-refractivity contribution in [2.24, 2.45) is 0 Å². The number of benzene rings is 3. The molecule has 5 nitrogen and oxygen atoms in total. The molecule has 6 heteroatoms. The topological polar surface area (TPSA) is 75.6 Å². The van der Waals surface area contributed by atoms with Gasteiger partial charge < -0.3 is 15.2 Å². The molecule has 1 aliphatic rings. The Morgan fingerprint density at radius 1 is 0.969 bits per heavy atom. The predicted octanol–water partition coefficient (Wildman–Crippen LogP) is 5.47. The third-order valence-electron chi connectivity index (χ3n) is 5.48. The summed E-state index contributed by atoms with van der Waals surface area (Å²) in [5.74, 6) is -2.09. The molecule has 0 heterocycles. The largest absolute Gasteiger partial charge is 0.478 e. The summed E-state index contributed by atoms with van der Waals surface area (Å²) >= 11 is 0. The summed E-state index contributed by atoms with van der Waals surface area (Å²) in [6, 6.07) is 20.5. The third kappa shape index (κ3) is 4.39. The van der Waals surface area contributed by atoms with Crippen LogP contribution in [0.4, 0.5) is 9.18 Å². The molecule has 0 saturated carbocycles. The minimum atomic E-state index is -1.31. The van der Waals surface area contributed by atoms with Crippen LogP contribution in [-0.2, 0) is 4.74 Å². The first-order valence-corrected chi connectivity index (χ1v) is 10.3. The molecule has 32 heavy (non-hydrogen) atoms. The summed E-state index contributed by atoms with van der Waals surface area (Å²) < 4.78 is 19.6. The Morgan fingerprint density at radius 3 is 2.28 bits per heavy atom.